The molecule has 5 fully saturated rings. The summed E-state index contributed by atoms with van der Waals surface area (Å²) in [6.07, 6.45) is -17.0. The Morgan fingerprint density at radius 2 is 1.10 bits per heavy atom. The summed E-state index contributed by atoms with van der Waals surface area (Å²) in [5.41, 5.74) is 0. The smallest absolute Gasteiger partial charge is 0.309 e. The molecule has 2 bridgehead atoms. The van der Waals surface area contributed by atoms with Crippen molar-refractivity contribution in [1.82, 2.24) is 0 Å². The molecule has 0 aromatic carbocycles. The minimum Gasteiger partial charge on any atom is -0.457 e. The van der Waals surface area contributed by atoms with E-state index in [9.17, 15) is 45.0 Å². The number of esters is 3. The number of rotatable bonds is 14. The molecule has 0 aromatic heterocycles. The Morgan fingerprint density at radius 1 is 0.543 bits per heavy atom. The molecule has 0 aromatic rings. The fourth-order valence-corrected chi connectivity index (χ4v) is 9.51. The predicted octanol–water partition coefficient (Wildman–Crippen LogP) is 3.60. The second-order valence-corrected chi connectivity index (χ2v) is 20.2. The molecule has 20 nitrogen and oxygen atoms in total. The van der Waals surface area contributed by atoms with Crippen molar-refractivity contribution >= 4 is 17.9 Å². The molecule has 406 valence electrons. The highest BCUT2D eigenvalue weighted by atomic mass is 16.8. The molecule has 0 spiro atoms. The number of fused-ring (bicyclic) bond motifs is 3. The van der Waals surface area contributed by atoms with E-state index in [2.05, 4.69) is 6.92 Å². The van der Waals surface area contributed by atoms with Gasteiger partial charge in [0.2, 0.25) is 0 Å². The standard InChI is InChI=1S/C50H86O20/c1-10-13-19-22-31-23-20-17-15-14-16-18-21-24-32(51)65-42-38(57)48(70-43-34(53)33(52)27(6)60-49(43)64-31)62-30(9)41(42)69-50-44(67-46(59)26(5)12-3)37(56)40(29(8)63-50)68-47-36(55)35(54)39(28(7)61-47)66-45(58)25(4)11-2/h25-31,33-44,47-50,52-57H,10-24H2,1-9H3/t25-,26-,27+,28-,29-,30-,31-,33-,34-,35-,36+,37+,38+,39-,40-,41-,42-,43+,44+,47-,48-,49-,50-/m0/s1. The number of carbonyl (C=O) groups is 3. The topological polar surface area (TPSA) is 274 Å². The zero-order valence-corrected chi connectivity index (χ0v) is 42.8. The van der Waals surface area contributed by atoms with Gasteiger partial charge in [0.25, 0.3) is 0 Å². The van der Waals surface area contributed by atoms with E-state index < -0.39 is 153 Å². The Hall–Kier alpha value is -2.15. The van der Waals surface area contributed by atoms with Gasteiger partial charge < -0.3 is 82.7 Å². The fraction of sp³-hybridized carbons (Fsp3) is 0.940. The Balaban J connectivity index is 1.41. The molecular formula is C50H86O20. The first-order valence-electron chi connectivity index (χ1n) is 26.2. The average Bonchev–Trinajstić information content (AvgIpc) is 3.33. The molecule has 5 heterocycles. The molecule has 70 heavy (non-hydrogen) atoms. The third-order valence-corrected chi connectivity index (χ3v) is 14.6. The van der Waals surface area contributed by atoms with Crippen LogP contribution in [0.3, 0.4) is 0 Å². The van der Waals surface area contributed by atoms with Crippen LogP contribution in [0.4, 0.5) is 0 Å². The monoisotopic (exact) mass is 1010 g/mol. The summed E-state index contributed by atoms with van der Waals surface area (Å²) in [7, 11) is 0. The van der Waals surface area contributed by atoms with Crippen molar-refractivity contribution in [1.29, 1.82) is 0 Å². The van der Waals surface area contributed by atoms with Crippen LogP contribution >= 0.6 is 0 Å². The van der Waals surface area contributed by atoms with Gasteiger partial charge in [0.05, 0.1) is 42.4 Å². The van der Waals surface area contributed by atoms with Gasteiger partial charge in [-0.15, -0.1) is 0 Å². The predicted molar refractivity (Wildman–Crippen MR) is 247 cm³/mol. The maximum atomic E-state index is 13.6. The SMILES string of the molecule is CCCCC[C@H]1CCCCCCCCCC(=O)O[C@H]2[C@@H](O)[C@H](O[C@H]3[C@H](O1)O[C@H](C)[C@H](O)[C@@H]3O)O[C@@H](C)[C@@H]2O[C@@H]1O[C@@H](C)[C@H](O[C@@H]2O[C@@H](C)[C@H](OC(=O)[C@@H](C)CC)[C@@H](O)[C@H]2O)[C@@H](O)[C@H]1OC(=O)[C@@H](C)CC. The lowest BCUT2D eigenvalue weighted by atomic mass is 9.95. The number of ether oxygens (including phenoxy) is 11. The van der Waals surface area contributed by atoms with E-state index in [1.807, 2.05) is 6.92 Å². The molecule has 5 saturated heterocycles. The molecule has 6 N–H and O–H groups in total. The number of unbranched alkanes of at least 4 members (excludes halogenated alkanes) is 2. The molecule has 5 aliphatic heterocycles. The van der Waals surface area contributed by atoms with Gasteiger partial charge in [-0.3, -0.25) is 14.4 Å². The highest BCUT2D eigenvalue weighted by Gasteiger charge is 2.56. The highest BCUT2D eigenvalue weighted by Crippen LogP contribution is 2.37. The first kappa shape index (κ1) is 58.7. The molecule has 0 aliphatic carbocycles. The Bertz CT molecular complexity index is 1590. The maximum absolute atomic E-state index is 13.6. The average molecular weight is 1010 g/mol. The van der Waals surface area contributed by atoms with E-state index in [0.717, 1.165) is 70.6 Å². The lowest BCUT2D eigenvalue weighted by Gasteiger charge is -2.49. The van der Waals surface area contributed by atoms with Crippen molar-refractivity contribution in [3.05, 3.63) is 0 Å². The molecule has 0 radical (unpaired) electrons. The van der Waals surface area contributed by atoms with Gasteiger partial charge in [0, 0.05) is 6.42 Å². The van der Waals surface area contributed by atoms with Gasteiger partial charge in [0.1, 0.15) is 54.9 Å². The molecule has 0 unspecified atom stereocenters. The molecular weight excluding hydrogens is 921 g/mol. The van der Waals surface area contributed by atoms with Crippen molar-refractivity contribution in [2.24, 2.45) is 11.8 Å². The van der Waals surface area contributed by atoms with E-state index in [-0.39, 0.29) is 12.5 Å². The summed E-state index contributed by atoms with van der Waals surface area (Å²) in [5, 5.41) is 69.0. The zero-order valence-electron chi connectivity index (χ0n) is 42.8. The third kappa shape index (κ3) is 15.2. The Morgan fingerprint density at radius 3 is 1.74 bits per heavy atom. The van der Waals surface area contributed by atoms with Gasteiger partial charge in [-0.1, -0.05) is 92.4 Å². The fourth-order valence-electron chi connectivity index (χ4n) is 9.51. The van der Waals surface area contributed by atoms with Crippen LogP contribution in [0, 0.1) is 11.8 Å². The number of hydrogen-bond acceptors (Lipinski definition) is 20. The van der Waals surface area contributed by atoms with Crippen molar-refractivity contribution in [2.75, 3.05) is 0 Å². The normalized spacial score (nSPS) is 42.7. The lowest BCUT2D eigenvalue weighted by Crippen LogP contribution is -2.67. The summed E-state index contributed by atoms with van der Waals surface area (Å²) < 4.78 is 67.6. The van der Waals surface area contributed by atoms with Gasteiger partial charge in [0.15, 0.2) is 43.5 Å². The van der Waals surface area contributed by atoms with E-state index in [4.69, 9.17) is 52.1 Å². The van der Waals surface area contributed by atoms with E-state index in [0.29, 0.717) is 19.3 Å². The molecule has 20 heteroatoms. The van der Waals surface area contributed by atoms with Gasteiger partial charge in [-0.25, -0.2) is 0 Å². The third-order valence-electron chi connectivity index (χ3n) is 14.6. The van der Waals surface area contributed by atoms with Crippen molar-refractivity contribution in [2.45, 2.75) is 288 Å². The molecule has 0 saturated carbocycles. The second-order valence-electron chi connectivity index (χ2n) is 20.2. The minimum atomic E-state index is -1.79. The molecule has 0 amide bonds. The van der Waals surface area contributed by atoms with Crippen molar-refractivity contribution < 1.29 is 97.1 Å². The zero-order chi connectivity index (χ0) is 51.4. The summed E-state index contributed by atoms with van der Waals surface area (Å²) in [4.78, 5) is 39.7. The van der Waals surface area contributed by atoms with Crippen LogP contribution in [-0.4, -0.2) is 177 Å². The first-order chi connectivity index (χ1) is 33.3. The van der Waals surface area contributed by atoms with Crippen LogP contribution in [-0.2, 0) is 66.5 Å². The van der Waals surface area contributed by atoms with Crippen LogP contribution < -0.4 is 0 Å². The molecule has 5 rings (SSSR count). The second kappa shape index (κ2) is 27.9. The van der Waals surface area contributed by atoms with E-state index >= 15 is 0 Å². The number of aliphatic hydroxyl groups is 6. The maximum Gasteiger partial charge on any atom is 0.309 e. The summed E-state index contributed by atoms with van der Waals surface area (Å²) in [5.74, 6) is -3.03. The highest BCUT2D eigenvalue weighted by molar-refractivity contribution is 5.72. The number of aliphatic hydroxyl groups excluding tert-OH is 6. The van der Waals surface area contributed by atoms with Crippen LogP contribution in [0.2, 0.25) is 0 Å². The van der Waals surface area contributed by atoms with Crippen LogP contribution in [0.5, 0.6) is 0 Å². The van der Waals surface area contributed by atoms with Gasteiger partial charge >= 0.3 is 17.9 Å². The van der Waals surface area contributed by atoms with Crippen molar-refractivity contribution in [3.63, 3.8) is 0 Å². The van der Waals surface area contributed by atoms with Crippen LogP contribution in [0.25, 0.3) is 0 Å². The van der Waals surface area contributed by atoms with Gasteiger partial charge in [-0.2, -0.15) is 0 Å². The summed E-state index contributed by atoms with van der Waals surface area (Å²) in [6.45, 7) is 15.3. The lowest BCUT2D eigenvalue weighted by molar-refractivity contribution is -0.387. The Kier molecular flexibility index (Phi) is 23.4. The van der Waals surface area contributed by atoms with E-state index in [1.54, 1.807) is 34.6 Å². The molecule has 23 atom stereocenters. The first-order valence-corrected chi connectivity index (χ1v) is 26.2. The summed E-state index contributed by atoms with van der Waals surface area (Å²) in [6, 6.07) is 0. The van der Waals surface area contributed by atoms with Gasteiger partial charge in [-0.05, 0) is 59.8 Å². The van der Waals surface area contributed by atoms with E-state index in [1.165, 1.54) is 13.8 Å². The van der Waals surface area contributed by atoms with Crippen molar-refractivity contribution in [3.8, 4) is 0 Å². The number of hydrogen-bond donors (Lipinski definition) is 6. The largest absolute Gasteiger partial charge is 0.457 e. The molecule has 5 aliphatic rings. The number of carbonyl (C=O) groups excluding carboxylic acids is 3. The minimum absolute atomic E-state index is 0.0264. The van der Waals surface area contributed by atoms with Crippen LogP contribution in [0.15, 0.2) is 0 Å². The van der Waals surface area contributed by atoms with Crippen LogP contribution in [0.1, 0.15) is 159 Å². The quantitative estimate of drug-likeness (QED) is 0.0824. The summed E-state index contributed by atoms with van der Waals surface area (Å²) >= 11 is 0. The Labute approximate surface area is 413 Å².